The highest BCUT2D eigenvalue weighted by molar-refractivity contribution is 9.10. The van der Waals surface area contributed by atoms with E-state index in [1.54, 1.807) is 10.9 Å². The van der Waals surface area contributed by atoms with Gasteiger partial charge in [0.1, 0.15) is 0 Å². The fourth-order valence-corrected chi connectivity index (χ4v) is 3.12. The number of hydrogen-bond acceptors (Lipinski definition) is 3. The van der Waals surface area contributed by atoms with Crippen LogP contribution in [0, 0.1) is 5.92 Å². The molecule has 1 saturated carbocycles. The van der Waals surface area contributed by atoms with Crippen molar-refractivity contribution >= 4 is 27.8 Å². The third-order valence-electron chi connectivity index (χ3n) is 4.09. The highest BCUT2D eigenvalue weighted by Gasteiger charge is 2.34. The molecule has 2 aromatic rings. The summed E-state index contributed by atoms with van der Waals surface area (Å²) < 4.78 is 2.58. The van der Waals surface area contributed by atoms with E-state index < -0.39 is 11.9 Å². The molecule has 3 rings (SSSR count). The molecular formula is C16H16BrN3O3. The Hall–Kier alpha value is -2.15. The van der Waals surface area contributed by atoms with Gasteiger partial charge in [0.2, 0.25) is 0 Å². The summed E-state index contributed by atoms with van der Waals surface area (Å²) in [5.74, 6) is -1.63. The topological polar surface area (TPSA) is 84.2 Å². The minimum atomic E-state index is -0.849. The number of carbonyl (C=O) groups is 2. The highest BCUT2D eigenvalue weighted by Crippen LogP contribution is 2.26. The van der Waals surface area contributed by atoms with Crippen molar-refractivity contribution in [1.82, 2.24) is 15.1 Å². The quantitative estimate of drug-likeness (QED) is 0.857. The Kier molecular flexibility index (Phi) is 4.47. The molecule has 0 bridgehead atoms. The third kappa shape index (κ3) is 3.44. The number of carboxylic acids is 1. The molecule has 6 nitrogen and oxygen atoms in total. The first-order valence-electron chi connectivity index (χ1n) is 7.39. The van der Waals surface area contributed by atoms with Crippen molar-refractivity contribution in [3.63, 3.8) is 0 Å². The number of amides is 1. The zero-order valence-electron chi connectivity index (χ0n) is 12.3. The average molecular weight is 378 g/mol. The molecule has 2 N–H and O–H groups in total. The highest BCUT2D eigenvalue weighted by atomic mass is 79.9. The molecule has 1 aliphatic rings. The van der Waals surface area contributed by atoms with Gasteiger partial charge in [-0.3, -0.25) is 9.59 Å². The van der Waals surface area contributed by atoms with Crippen LogP contribution in [0.25, 0.3) is 5.69 Å². The molecule has 1 fully saturated rings. The van der Waals surface area contributed by atoms with E-state index in [0.717, 1.165) is 16.6 Å². The van der Waals surface area contributed by atoms with Crippen LogP contribution in [0.15, 0.2) is 41.1 Å². The maximum atomic E-state index is 12.3. The first-order valence-corrected chi connectivity index (χ1v) is 8.18. The molecule has 1 aliphatic carbocycles. The average Bonchev–Trinajstić information content (AvgIpc) is 3.16. The SMILES string of the molecule is O=C(N[C@H]1CCC[C@H]1C(=O)O)c1cnn(-c2ccc(Br)cc2)c1. The number of aromatic nitrogens is 2. The number of aliphatic carboxylic acids is 1. The van der Waals surface area contributed by atoms with E-state index in [9.17, 15) is 14.7 Å². The molecule has 1 heterocycles. The second kappa shape index (κ2) is 6.54. The zero-order chi connectivity index (χ0) is 16.4. The van der Waals surface area contributed by atoms with Gasteiger partial charge in [0.15, 0.2) is 0 Å². The number of rotatable bonds is 4. The molecule has 0 unspecified atom stereocenters. The lowest BCUT2D eigenvalue weighted by molar-refractivity contribution is -0.142. The van der Waals surface area contributed by atoms with Crippen LogP contribution in [-0.4, -0.2) is 32.8 Å². The van der Waals surface area contributed by atoms with E-state index in [4.69, 9.17) is 0 Å². The summed E-state index contributed by atoms with van der Waals surface area (Å²) >= 11 is 3.37. The second-order valence-electron chi connectivity index (χ2n) is 5.61. The predicted octanol–water partition coefficient (Wildman–Crippen LogP) is 2.62. The van der Waals surface area contributed by atoms with Gasteiger partial charge < -0.3 is 10.4 Å². The number of benzene rings is 1. The van der Waals surface area contributed by atoms with Gasteiger partial charge in [-0.15, -0.1) is 0 Å². The lowest BCUT2D eigenvalue weighted by Crippen LogP contribution is -2.40. The van der Waals surface area contributed by atoms with Crippen LogP contribution < -0.4 is 5.32 Å². The van der Waals surface area contributed by atoms with Gasteiger partial charge in [-0.05, 0) is 37.1 Å². The van der Waals surface area contributed by atoms with Gasteiger partial charge >= 0.3 is 5.97 Å². The Morgan fingerprint density at radius 3 is 2.70 bits per heavy atom. The Morgan fingerprint density at radius 2 is 2.00 bits per heavy atom. The van der Waals surface area contributed by atoms with E-state index in [1.807, 2.05) is 24.3 Å². The van der Waals surface area contributed by atoms with Crippen LogP contribution >= 0.6 is 15.9 Å². The Bertz CT molecular complexity index is 726. The van der Waals surface area contributed by atoms with Crippen molar-refractivity contribution < 1.29 is 14.7 Å². The summed E-state index contributed by atoms with van der Waals surface area (Å²) in [5, 5.41) is 16.2. The number of carboxylic acid groups (broad SMARTS) is 1. The number of nitrogens with zero attached hydrogens (tertiary/aromatic N) is 2. The van der Waals surface area contributed by atoms with Gasteiger partial charge in [0.25, 0.3) is 5.91 Å². The van der Waals surface area contributed by atoms with Crippen molar-refractivity contribution in [2.75, 3.05) is 0 Å². The monoisotopic (exact) mass is 377 g/mol. The summed E-state index contributed by atoms with van der Waals surface area (Å²) in [4.78, 5) is 23.5. The minimum absolute atomic E-state index is 0.286. The van der Waals surface area contributed by atoms with Gasteiger partial charge in [-0.25, -0.2) is 4.68 Å². The fraction of sp³-hybridized carbons (Fsp3) is 0.312. The number of nitrogens with one attached hydrogen (secondary N) is 1. The number of halogens is 1. The molecule has 0 spiro atoms. The first kappa shape index (κ1) is 15.7. The summed E-state index contributed by atoms with van der Waals surface area (Å²) in [6.07, 6.45) is 5.26. The lowest BCUT2D eigenvalue weighted by Gasteiger charge is -2.16. The number of hydrogen-bond donors (Lipinski definition) is 2. The summed E-state index contributed by atoms with van der Waals surface area (Å²) in [6, 6.07) is 7.25. The normalized spacial score (nSPS) is 20.4. The summed E-state index contributed by atoms with van der Waals surface area (Å²) in [5.41, 5.74) is 1.26. The van der Waals surface area contributed by atoms with E-state index >= 15 is 0 Å². The van der Waals surface area contributed by atoms with Crippen molar-refractivity contribution in [3.8, 4) is 5.69 Å². The van der Waals surface area contributed by atoms with Crippen LogP contribution in [-0.2, 0) is 4.79 Å². The molecule has 7 heteroatoms. The smallest absolute Gasteiger partial charge is 0.308 e. The maximum absolute atomic E-state index is 12.3. The molecule has 0 aliphatic heterocycles. The van der Waals surface area contributed by atoms with Gasteiger partial charge in [-0.2, -0.15) is 5.10 Å². The lowest BCUT2D eigenvalue weighted by atomic mass is 10.0. The van der Waals surface area contributed by atoms with E-state index in [2.05, 4.69) is 26.3 Å². The van der Waals surface area contributed by atoms with Gasteiger partial charge in [0, 0.05) is 16.7 Å². The molecule has 0 saturated heterocycles. The third-order valence-corrected chi connectivity index (χ3v) is 4.61. The van der Waals surface area contributed by atoms with Crippen LogP contribution in [0.1, 0.15) is 29.6 Å². The van der Waals surface area contributed by atoms with E-state index in [0.29, 0.717) is 18.4 Å². The molecule has 23 heavy (non-hydrogen) atoms. The van der Waals surface area contributed by atoms with E-state index in [1.165, 1.54) is 6.20 Å². The Labute approximate surface area is 141 Å². The van der Waals surface area contributed by atoms with Gasteiger partial charge in [0.05, 0.1) is 23.4 Å². The van der Waals surface area contributed by atoms with Crippen LogP contribution in [0.2, 0.25) is 0 Å². The van der Waals surface area contributed by atoms with Crippen LogP contribution in [0.3, 0.4) is 0 Å². The minimum Gasteiger partial charge on any atom is -0.481 e. The van der Waals surface area contributed by atoms with Crippen LogP contribution in [0.4, 0.5) is 0 Å². The zero-order valence-corrected chi connectivity index (χ0v) is 13.9. The molecule has 2 atom stereocenters. The standard InChI is InChI=1S/C16H16BrN3O3/c17-11-4-6-12(7-5-11)20-9-10(8-18-20)15(21)19-14-3-1-2-13(14)16(22)23/h4-9,13-14H,1-3H2,(H,19,21)(H,22,23)/t13-,14+/m1/s1. The molecule has 0 radical (unpaired) electrons. The molecule has 120 valence electrons. The molecule has 1 amide bonds. The summed E-state index contributed by atoms with van der Waals surface area (Å²) in [7, 11) is 0. The summed E-state index contributed by atoms with van der Waals surface area (Å²) in [6.45, 7) is 0. The fourth-order valence-electron chi connectivity index (χ4n) is 2.86. The van der Waals surface area contributed by atoms with Crippen molar-refractivity contribution in [2.45, 2.75) is 25.3 Å². The largest absolute Gasteiger partial charge is 0.481 e. The van der Waals surface area contributed by atoms with Crippen LogP contribution in [0.5, 0.6) is 0 Å². The Balaban J connectivity index is 1.71. The molecule has 1 aromatic carbocycles. The first-order chi connectivity index (χ1) is 11.0. The Morgan fingerprint density at radius 1 is 1.26 bits per heavy atom. The van der Waals surface area contributed by atoms with Crippen molar-refractivity contribution in [3.05, 3.63) is 46.7 Å². The van der Waals surface area contributed by atoms with E-state index in [-0.39, 0.29) is 11.9 Å². The number of carbonyl (C=O) groups excluding carboxylic acids is 1. The second-order valence-corrected chi connectivity index (χ2v) is 6.52. The van der Waals surface area contributed by atoms with Crippen molar-refractivity contribution in [1.29, 1.82) is 0 Å². The molecular weight excluding hydrogens is 362 g/mol. The van der Waals surface area contributed by atoms with Gasteiger partial charge in [-0.1, -0.05) is 22.4 Å². The predicted molar refractivity (Wildman–Crippen MR) is 87.5 cm³/mol. The maximum Gasteiger partial charge on any atom is 0.308 e. The van der Waals surface area contributed by atoms with Crippen molar-refractivity contribution in [2.24, 2.45) is 5.92 Å². The molecule has 1 aromatic heterocycles.